The van der Waals surface area contributed by atoms with Crippen LogP contribution in [0.2, 0.25) is 0 Å². The number of carbonyl (C=O) groups excluding carboxylic acids is 2. The number of likely N-dealkylation sites (N-methyl/N-ethyl adjacent to an activating group) is 1. The molecule has 0 atom stereocenters. The van der Waals surface area contributed by atoms with Crippen molar-refractivity contribution in [1.82, 2.24) is 4.31 Å². The van der Waals surface area contributed by atoms with Gasteiger partial charge in [0.05, 0.1) is 7.11 Å². The number of carbonyl (C=O) groups is 2. The topological polar surface area (TPSA) is 94.3 Å². The lowest BCUT2D eigenvalue weighted by Gasteiger charge is -2.39. The summed E-state index contributed by atoms with van der Waals surface area (Å²) in [5.41, 5.74) is 5.91. The van der Waals surface area contributed by atoms with E-state index in [9.17, 15) is 9.59 Å². The molecule has 0 bridgehead atoms. The lowest BCUT2D eigenvalue weighted by atomic mass is 9.89. The normalized spacial score (nSPS) is 15.9. The first-order chi connectivity index (χ1) is 13.4. The van der Waals surface area contributed by atoms with Crippen LogP contribution in [-0.2, 0) is 19.1 Å². The largest absolute Gasteiger partial charge is 0.469 e. The van der Waals surface area contributed by atoms with Crippen LogP contribution in [0.3, 0.4) is 0 Å². The molecule has 28 heavy (non-hydrogen) atoms. The fourth-order valence-corrected chi connectivity index (χ4v) is 3.77. The fraction of sp³-hybridized carbons (Fsp3) is 0.579. The summed E-state index contributed by atoms with van der Waals surface area (Å²) in [7, 11) is 5.18. The number of primary amides is 1. The number of rotatable bonds is 10. The van der Waals surface area contributed by atoms with E-state index in [0.717, 1.165) is 30.9 Å². The molecule has 8 nitrogen and oxygen atoms in total. The first-order valence-corrected chi connectivity index (χ1v) is 9.93. The maximum absolute atomic E-state index is 12.0. The minimum atomic E-state index is -0.761. The fourth-order valence-electron chi connectivity index (χ4n) is 3.04. The second-order valence-corrected chi connectivity index (χ2v) is 7.62. The predicted molar refractivity (Wildman–Crippen MR) is 109 cm³/mol. The molecule has 156 valence electrons. The van der Waals surface area contributed by atoms with Crippen LogP contribution in [0.4, 0.5) is 5.69 Å². The highest BCUT2D eigenvalue weighted by Gasteiger charge is 2.43. The molecule has 1 amide bonds. The third-order valence-electron chi connectivity index (χ3n) is 5.01. The lowest BCUT2D eigenvalue weighted by Crippen LogP contribution is -2.56. The van der Waals surface area contributed by atoms with Gasteiger partial charge in [-0.25, -0.2) is 4.31 Å². The molecule has 1 fully saturated rings. The zero-order valence-electron chi connectivity index (χ0n) is 16.7. The van der Waals surface area contributed by atoms with Crippen molar-refractivity contribution in [3.8, 4) is 5.75 Å². The summed E-state index contributed by atoms with van der Waals surface area (Å²) in [5.74, 6) is 0.116. The third-order valence-corrected chi connectivity index (χ3v) is 5.85. The van der Waals surface area contributed by atoms with Crippen molar-refractivity contribution in [1.29, 1.82) is 0 Å². The minimum absolute atomic E-state index is 0.198. The highest BCUT2D eigenvalue weighted by atomic mass is 32.2. The van der Waals surface area contributed by atoms with Crippen molar-refractivity contribution in [3.63, 3.8) is 0 Å². The second kappa shape index (κ2) is 10.5. The Labute approximate surface area is 170 Å². The van der Waals surface area contributed by atoms with Crippen molar-refractivity contribution in [2.24, 2.45) is 5.73 Å². The maximum atomic E-state index is 12.0. The molecule has 0 spiro atoms. The lowest BCUT2D eigenvalue weighted by molar-refractivity contribution is -0.140. The average molecular weight is 412 g/mol. The number of ether oxygens (including phenoxy) is 2. The highest BCUT2D eigenvalue weighted by molar-refractivity contribution is 7.92. The van der Waals surface area contributed by atoms with Crippen molar-refractivity contribution in [2.75, 3.05) is 45.9 Å². The molecule has 1 aliphatic rings. The number of benzene rings is 1. The molecule has 1 aliphatic heterocycles. The van der Waals surface area contributed by atoms with Crippen LogP contribution in [0.15, 0.2) is 24.3 Å². The molecule has 2 N–H and O–H groups in total. The Morgan fingerprint density at radius 3 is 2.43 bits per heavy atom. The standard InChI is InChI=1S/C19H29N3O5S/c1-21(12-4-5-17(23)25-3)15-6-8-16(9-7-15)27-28-22(2)19(18(20)24)10-13-26-14-11-19/h6-9H,4-5,10-14H2,1-3H3,(H2,20,24). The number of hydrogen-bond acceptors (Lipinski definition) is 8. The van der Waals surface area contributed by atoms with Gasteiger partial charge < -0.3 is 24.3 Å². The van der Waals surface area contributed by atoms with Gasteiger partial charge >= 0.3 is 5.97 Å². The SMILES string of the molecule is COC(=O)CCCN(C)c1ccc(OSN(C)C2(C(N)=O)CCOCC2)cc1. The van der Waals surface area contributed by atoms with E-state index in [1.807, 2.05) is 38.4 Å². The molecule has 0 aromatic heterocycles. The Kier molecular flexibility index (Phi) is 8.40. The molecule has 0 saturated carbocycles. The van der Waals surface area contributed by atoms with Crippen molar-refractivity contribution in [2.45, 2.75) is 31.2 Å². The van der Waals surface area contributed by atoms with Crippen molar-refractivity contribution < 1.29 is 23.2 Å². The van der Waals surface area contributed by atoms with E-state index in [0.29, 0.717) is 38.2 Å². The number of amides is 1. The molecular formula is C19H29N3O5S. The van der Waals surface area contributed by atoms with Gasteiger partial charge in [-0.2, -0.15) is 0 Å². The summed E-state index contributed by atoms with van der Waals surface area (Å²) in [6.45, 7) is 1.76. The number of hydrogen-bond donors (Lipinski definition) is 1. The Hall–Kier alpha value is -1.97. The van der Waals surface area contributed by atoms with E-state index in [-0.39, 0.29) is 11.9 Å². The van der Waals surface area contributed by atoms with E-state index in [2.05, 4.69) is 9.64 Å². The van der Waals surface area contributed by atoms with E-state index in [1.165, 1.54) is 7.11 Å². The zero-order chi connectivity index (χ0) is 20.6. The van der Waals surface area contributed by atoms with E-state index in [1.54, 1.807) is 4.31 Å². The van der Waals surface area contributed by atoms with Gasteiger partial charge in [0.2, 0.25) is 5.91 Å². The average Bonchev–Trinajstić information content (AvgIpc) is 2.72. The Morgan fingerprint density at radius 1 is 1.21 bits per heavy atom. The summed E-state index contributed by atoms with van der Waals surface area (Å²) < 4.78 is 17.6. The molecule has 9 heteroatoms. The molecule has 1 aromatic rings. The van der Waals surface area contributed by atoms with Crippen LogP contribution < -0.4 is 14.8 Å². The summed E-state index contributed by atoms with van der Waals surface area (Å²) in [6.07, 6.45) is 2.22. The highest BCUT2D eigenvalue weighted by Crippen LogP contribution is 2.33. The van der Waals surface area contributed by atoms with Crippen molar-refractivity contribution >= 4 is 29.8 Å². The van der Waals surface area contributed by atoms with Crippen molar-refractivity contribution in [3.05, 3.63) is 24.3 Å². The molecule has 0 unspecified atom stereocenters. The van der Waals surface area contributed by atoms with Gasteiger partial charge in [-0.3, -0.25) is 9.59 Å². The molecule has 1 heterocycles. The van der Waals surface area contributed by atoms with E-state index < -0.39 is 5.54 Å². The Balaban J connectivity index is 1.86. The first kappa shape index (κ1) is 22.3. The van der Waals surface area contributed by atoms with E-state index in [4.69, 9.17) is 14.7 Å². The predicted octanol–water partition coefficient (Wildman–Crippen LogP) is 1.98. The van der Waals surface area contributed by atoms with Crippen LogP contribution in [0.5, 0.6) is 5.75 Å². The van der Waals surface area contributed by atoms with Crippen LogP contribution in [-0.4, -0.2) is 62.7 Å². The molecule has 2 rings (SSSR count). The summed E-state index contributed by atoms with van der Waals surface area (Å²) in [4.78, 5) is 25.3. The maximum Gasteiger partial charge on any atom is 0.305 e. The number of anilines is 1. The molecule has 0 aliphatic carbocycles. The molecular weight excluding hydrogens is 382 g/mol. The summed E-state index contributed by atoms with van der Waals surface area (Å²) >= 11 is 1.11. The zero-order valence-corrected chi connectivity index (χ0v) is 17.5. The van der Waals surface area contributed by atoms with Gasteiger partial charge in [0.25, 0.3) is 0 Å². The van der Waals surface area contributed by atoms with Gasteiger partial charge in [-0.1, -0.05) is 0 Å². The van der Waals surface area contributed by atoms with Crippen LogP contribution in [0.1, 0.15) is 25.7 Å². The van der Waals surface area contributed by atoms with Gasteiger partial charge in [0, 0.05) is 46.0 Å². The number of nitrogens with zero attached hydrogens (tertiary/aromatic N) is 2. The smallest absolute Gasteiger partial charge is 0.305 e. The monoisotopic (exact) mass is 411 g/mol. The van der Waals surface area contributed by atoms with Crippen LogP contribution in [0.25, 0.3) is 0 Å². The molecule has 1 aromatic carbocycles. The molecule has 1 saturated heterocycles. The van der Waals surface area contributed by atoms with E-state index >= 15 is 0 Å². The van der Waals surface area contributed by atoms with Crippen LogP contribution >= 0.6 is 12.2 Å². The number of esters is 1. The Bertz CT molecular complexity index is 649. The third kappa shape index (κ3) is 5.76. The second-order valence-electron chi connectivity index (χ2n) is 6.76. The van der Waals surface area contributed by atoms with Gasteiger partial charge in [-0.15, -0.1) is 0 Å². The first-order valence-electron chi connectivity index (χ1n) is 9.23. The quantitative estimate of drug-likeness (QED) is 0.355. The van der Waals surface area contributed by atoms with Gasteiger partial charge in [0.1, 0.15) is 23.5 Å². The summed E-state index contributed by atoms with van der Waals surface area (Å²) in [5, 5.41) is 0. The number of nitrogens with two attached hydrogens (primary N) is 1. The number of methoxy groups -OCH3 is 1. The van der Waals surface area contributed by atoms with Gasteiger partial charge in [-0.05, 0) is 43.5 Å². The summed E-state index contributed by atoms with van der Waals surface area (Å²) in [6, 6.07) is 7.64. The molecule has 0 radical (unpaired) electrons. The van der Waals surface area contributed by atoms with Gasteiger partial charge in [0.15, 0.2) is 0 Å². The minimum Gasteiger partial charge on any atom is -0.469 e. The van der Waals surface area contributed by atoms with Crippen LogP contribution in [0, 0.1) is 0 Å². The Morgan fingerprint density at radius 2 is 1.86 bits per heavy atom.